The summed E-state index contributed by atoms with van der Waals surface area (Å²) in [6.45, 7) is 7.09. The molecule has 11 heteroatoms. The average molecular weight is 558 g/mol. The number of benzene rings is 1. The lowest BCUT2D eigenvalue weighted by Gasteiger charge is -2.39. The summed E-state index contributed by atoms with van der Waals surface area (Å²) in [5, 5.41) is 3.34. The van der Waals surface area contributed by atoms with Crippen LogP contribution >= 0.6 is 0 Å². The van der Waals surface area contributed by atoms with E-state index >= 15 is 0 Å². The van der Waals surface area contributed by atoms with Gasteiger partial charge in [-0.1, -0.05) is 38.1 Å². The lowest BCUT2D eigenvalue weighted by molar-refractivity contribution is -0.139. The Bertz CT molecular complexity index is 1340. The minimum absolute atomic E-state index is 0.0429. The number of carbonyl (C=O) groups is 2. The van der Waals surface area contributed by atoms with E-state index in [1.807, 2.05) is 12.1 Å². The molecule has 0 spiro atoms. The van der Waals surface area contributed by atoms with Crippen molar-refractivity contribution in [1.82, 2.24) is 10.3 Å². The van der Waals surface area contributed by atoms with Gasteiger partial charge in [-0.05, 0) is 42.5 Å². The largest absolute Gasteiger partial charge is 0.463 e. The number of aromatic nitrogens is 1. The predicted molar refractivity (Wildman–Crippen MR) is 145 cm³/mol. The van der Waals surface area contributed by atoms with E-state index in [-0.39, 0.29) is 29.3 Å². The summed E-state index contributed by atoms with van der Waals surface area (Å²) in [6, 6.07) is 11.1. The Balaban J connectivity index is 0.000000353. The van der Waals surface area contributed by atoms with Gasteiger partial charge in [0, 0.05) is 42.5 Å². The van der Waals surface area contributed by atoms with Crippen molar-refractivity contribution in [1.29, 1.82) is 0 Å². The molecule has 1 aliphatic carbocycles. The number of hydrogen-bond acceptors (Lipinski definition) is 9. The molecule has 2 heterocycles. The van der Waals surface area contributed by atoms with Crippen LogP contribution in [0.1, 0.15) is 45.1 Å². The van der Waals surface area contributed by atoms with Gasteiger partial charge in [-0.15, -0.1) is 0 Å². The molecule has 1 aromatic carbocycles. The topological polar surface area (TPSA) is 158 Å². The normalized spacial score (nSPS) is 18.5. The van der Waals surface area contributed by atoms with Crippen molar-refractivity contribution in [3.05, 3.63) is 83.0 Å². The number of nitrogens with zero attached hydrogens (tertiary/aromatic N) is 1. The molecule has 0 radical (unpaired) electrons. The van der Waals surface area contributed by atoms with Gasteiger partial charge in [0.2, 0.25) is 0 Å². The maximum absolute atomic E-state index is 13.2. The highest BCUT2D eigenvalue weighted by Gasteiger charge is 2.43. The van der Waals surface area contributed by atoms with Gasteiger partial charge in [0.15, 0.2) is 5.78 Å². The van der Waals surface area contributed by atoms with Crippen LogP contribution in [-0.2, 0) is 29.2 Å². The van der Waals surface area contributed by atoms with Gasteiger partial charge in [0.1, 0.15) is 0 Å². The minimum atomic E-state index is -4.00. The Morgan fingerprint density at radius 3 is 2.46 bits per heavy atom. The molecule has 0 bridgehead atoms. The number of ether oxygens (including phenoxy) is 2. The molecule has 1 aromatic heterocycles. The minimum Gasteiger partial charge on any atom is -0.463 e. The second kappa shape index (κ2) is 13.1. The van der Waals surface area contributed by atoms with Crippen molar-refractivity contribution < 1.29 is 32.0 Å². The van der Waals surface area contributed by atoms with E-state index in [1.54, 1.807) is 37.5 Å². The molecule has 210 valence electrons. The number of Topliss-reactive ketones (excluding diaryl/α,β-unsaturated/α-hetero) is 1. The van der Waals surface area contributed by atoms with Crippen molar-refractivity contribution >= 4 is 21.9 Å². The number of dihydropyridines is 1. The van der Waals surface area contributed by atoms with Crippen molar-refractivity contribution in [3.63, 3.8) is 0 Å². The number of hydrogen-bond donors (Lipinski definition) is 3. The number of ketones is 1. The number of pyridine rings is 1. The molecule has 0 saturated heterocycles. The molecule has 39 heavy (non-hydrogen) atoms. The fourth-order valence-corrected chi connectivity index (χ4v) is 5.14. The molecular weight excluding hydrogens is 522 g/mol. The molecule has 2 aliphatic rings. The van der Waals surface area contributed by atoms with Crippen LogP contribution in [0.15, 0.2) is 82.3 Å². The number of esters is 1. The molecule has 1 atom stereocenters. The third-order valence-corrected chi connectivity index (χ3v) is 7.05. The van der Waals surface area contributed by atoms with Crippen LogP contribution < -0.4 is 11.1 Å². The highest BCUT2D eigenvalue weighted by atomic mass is 32.2. The van der Waals surface area contributed by atoms with Gasteiger partial charge in [-0.25, -0.2) is 4.79 Å². The van der Waals surface area contributed by atoms with Crippen LogP contribution in [0.3, 0.4) is 0 Å². The monoisotopic (exact) mass is 557 g/mol. The maximum Gasteiger partial charge on any atom is 0.336 e. The van der Waals surface area contributed by atoms with Crippen LogP contribution in [-0.4, -0.2) is 56.1 Å². The first-order valence-corrected chi connectivity index (χ1v) is 14.1. The highest BCUT2D eigenvalue weighted by molar-refractivity contribution is 7.85. The fourth-order valence-electron chi connectivity index (χ4n) is 4.64. The van der Waals surface area contributed by atoms with E-state index in [0.29, 0.717) is 42.8 Å². The summed E-state index contributed by atoms with van der Waals surface area (Å²) in [5.41, 5.74) is 8.68. The molecule has 0 saturated carbocycles. The molecule has 10 nitrogen and oxygen atoms in total. The van der Waals surface area contributed by atoms with Gasteiger partial charge < -0.3 is 20.5 Å². The van der Waals surface area contributed by atoms with Crippen LogP contribution in [0.5, 0.6) is 0 Å². The Kier molecular flexibility index (Phi) is 10.1. The zero-order chi connectivity index (χ0) is 28.6. The summed E-state index contributed by atoms with van der Waals surface area (Å²) in [5.74, 6) is -0.940. The van der Waals surface area contributed by atoms with E-state index in [9.17, 15) is 18.0 Å². The highest BCUT2D eigenvalue weighted by Crippen LogP contribution is 2.46. The molecule has 2 aromatic rings. The summed E-state index contributed by atoms with van der Waals surface area (Å²) in [6.07, 6.45) is 4.51. The van der Waals surface area contributed by atoms with Crippen LogP contribution in [0, 0.1) is 5.41 Å². The summed E-state index contributed by atoms with van der Waals surface area (Å²) in [7, 11) is -4.00. The first-order chi connectivity index (χ1) is 18.5. The molecule has 1 aliphatic heterocycles. The lowest BCUT2D eigenvalue weighted by Crippen LogP contribution is -2.40. The zero-order valence-corrected chi connectivity index (χ0v) is 23.2. The number of rotatable bonds is 8. The molecular formula is C28H35N3O7S. The zero-order valence-electron chi connectivity index (χ0n) is 22.3. The van der Waals surface area contributed by atoms with Gasteiger partial charge >= 0.3 is 5.97 Å². The van der Waals surface area contributed by atoms with Crippen LogP contribution in [0.2, 0.25) is 0 Å². The van der Waals surface area contributed by atoms with Crippen molar-refractivity contribution in [2.45, 2.75) is 44.4 Å². The smallest absolute Gasteiger partial charge is 0.336 e. The predicted octanol–water partition coefficient (Wildman–Crippen LogP) is 3.14. The fraction of sp³-hybridized carbons (Fsp3) is 0.393. The number of carbonyl (C=O) groups excluding carboxylic acids is 2. The molecule has 1 unspecified atom stereocenters. The Morgan fingerprint density at radius 2 is 1.90 bits per heavy atom. The third-order valence-electron chi connectivity index (χ3n) is 6.19. The summed E-state index contributed by atoms with van der Waals surface area (Å²) < 4.78 is 40.2. The maximum atomic E-state index is 13.2. The van der Waals surface area contributed by atoms with Gasteiger partial charge in [-0.3, -0.25) is 14.3 Å². The first kappa shape index (κ1) is 30.2. The molecule has 4 N–H and O–H groups in total. The van der Waals surface area contributed by atoms with E-state index < -0.39 is 22.0 Å². The van der Waals surface area contributed by atoms with E-state index in [2.05, 4.69) is 24.1 Å². The quantitative estimate of drug-likeness (QED) is 0.250. The Morgan fingerprint density at radius 1 is 1.18 bits per heavy atom. The number of nitrogens with two attached hydrogens (primary N) is 1. The van der Waals surface area contributed by atoms with Gasteiger partial charge in [0.05, 0.1) is 36.0 Å². The standard InChI is InChI=1S/C22H29N3O4.C6H6O3S/c1-4-29-21(27)20-16(13-28-9-7-23)25-15-10-22(2,3)11-17(26)19(15)18(20)14-6-5-8-24-12-14;7-10(8,9)6-4-2-1-3-5-6/h5-6,8,12,18,25H,4,7,9-11,13,23H2,1-3H3;1-5H,(H,7,8,9). The number of nitrogens with one attached hydrogen (secondary N) is 1. The van der Waals surface area contributed by atoms with E-state index in [0.717, 1.165) is 11.3 Å². The average Bonchev–Trinajstić information content (AvgIpc) is 2.88. The van der Waals surface area contributed by atoms with Crippen molar-refractivity contribution in [2.24, 2.45) is 11.1 Å². The van der Waals surface area contributed by atoms with E-state index in [1.165, 1.54) is 12.1 Å². The molecule has 4 rings (SSSR count). The Labute approximate surface area is 229 Å². The van der Waals surface area contributed by atoms with E-state index in [4.69, 9.17) is 19.8 Å². The molecule has 0 fully saturated rings. The third kappa shape index (κ3) is 7.82. The second-order valence-corrected chi connectivity index (χ2v) is 11.3. The van der Waals surface area contributed by atoms with Gasteiger partial charge in [0.25, 0.3) is 10.1 Å². The van der Waals surface area contributed by atoms with Crippen molar-refractivity contribution in [2.75, 3.05) is 26.4 Å². The lowest BCUT2D eigenvalue weighted by atomic mass is 9.69. The van der Waals surface area contributed by atoms with Crippen molar-refractivity contribution in [3.8, 4) is 0 Å². The second-order valence-electron chi connectivity index (χ2n) is 9.92. The molecule has 0 amide bonds. The number of allylic oxidation sites excluding steroid dienone is 2. The van der Waals surface area contributed by atoms with Crippen LogP contribution in [0.4, 0.5) is 0 Å². The van der Waals surface area contributed by atoms with Gasteiger partial charge in [-0.2, -0.15) is 8.42 Å². The SMILES string of the molecule is CCOC(=O)C1=C(COCCN)NC2=C(C(=O)CC(C)(C)C2)C1c1cccnc1.O=S(=O)(O)c1ccccc1. The summed E-state index contributed by atoms with van der Waals surface area (Å²) in [4.78, 5) is 30.3. The van der Waals surface area contributed by atoms with Crippen LogP contribution in [0.25, 0.3) is 0 Å². The summed E-state index contributed by atoms with van der Waals surface area (Å²) >= 11 is 0. The first-order valence-electron chi connectivity index (χ1n) is 12.6. The Hall–Kier alpha value is -3.38.